The molecular weight excluding hydrogens is 288 g/mol. The number of ether oxygens (including phenoxy) is 1. The predicted octanol–water partition coefficient (Wildman–Crippen LogP) is 5.25. The first-order valence-corrected chi connectivity index (χ1v) is 8.36. The molecule has 23 heavy (non-hydrogen) atoms. The molecule has 2 N–H and O–H groups in total. The zero-order chi connectivity index (χ0) is 17.9. The summed E-state index contributed by atoms with van der Waals surface area (Å²) in [7, 11) is 1.52. The molecule has 0 atom stereocenters. The molecular formula is C20H32O3. The van der Waals surface area contributed by atoms with Crippen molar-refractivity contribution in [3.8, 4) is 17.2 Å². The van der Waals surface area contributed by atoms with Crippen molar-refractivity contribution in [1.82, 2.24) is 0 Å². The Kier molecular flexibility index (Phi) is 6.15. The summed E-state index contributed by atoms with van der Waals surface area (Å²) in [6.07, 6.45) is 3.81. The Morgan fingerprint density at radius 3 is 2.22 bits per heavy atom. The summed E-state index contributed by atoms with van der Waals surface area (Å²) in [6, 6.07) is 0. The topological polar surface area (TPSA) is 49.7 Å². The van der Waals surface area contributed by atoms with Crippen LogP contribution in [0.3, 0.4) is 0 Å². The van der Waals surface area contributed by atoms with Crippen LogP contribution in [-0.2, 0) is 11.8 Å². The maximum absolute atomic E-state index is 10.8. The third-order valence-corrected chi connectivity index (χ3v) is 4.28. The van der Waals surface area contributed by atoms with E-state index < -0.39 is 0 Å². The van der Waals surface area contributed by atoms with E-state index in [1.165, 1.54) is 12.7 Å². The van der Waals surface area contributed by atoms with E-state index in [-0.39, 0.29) is 16.9 Å². The molecule has 0 bridgehead atoms. The van der Waals surface area contributed by atoms with Gasteiger partial charge in [-0.3, -0.25) is 0 Å². The predicted molar refractivity (Wildman–Crippen MR) is 96.7 cm³/mol. The summed E-state index contributed by atoms with van der Waals surface area (Å²) in [5.41, 5.74) is 3.03. The van der Waals surface area contributed by atoms with Crippen molar-refractivity contribution in [2.45, 2.75) is 66.7 Å². The Morgan fingerprint density at radius 2 is 1.78 bits per heavy atom. The lowest BCUT2D eigenvalue weighted by atomic mass is 9.77. The van der Waals surface area contributed by atoms with Crippen molar-refractivity contribution < 1.29 is 14.9 Å². The quantitative estimate of drug-likeness (QED) is 0.556. The van der Waals surface area contributed by atoms with Crippen molar-refractivity contribution in [3.63, 3.8) is 0 Å². The highest BCUT2D eigenvalue weighted by Crippen LogP contribution is 2.47. The molecule has 0 aliphatic rings. The van der Waals surface area contributed by atoms with Crippen LogP contribution in [-0.4, -0.2) is 17.3 Å². The maximum Gasteiger partial charge on any atom is 0.167 e. The van der Waals surface area contributed by atoms with Crippen molar-refractivity contribution in [3.05, 3.63) is 28.3 Å². The van der Waals surface area contributed by atoms with Gasteiger partial charge in [-0.2, -0.15) is 0 Å². The van der Waals surface area contributed by atoms with Gasteiger partial charge in [0, 0.05) is 22.1 Å². The van der Waals surface area contributed by atoms with Crippen LogP contribution in [0.5, 0.6) is 17.2 Å². The minimum Gasteiger partial charge on any atom is -0.507 e. The third kappa shape index (κ3) is 4.01. The monoisotopic (exact) mass is 320 g/mol. The number of benzene rings is 1. The molecule has 0 heterocycles. The summed E-state index contributed by atoms with van der Waals surface area (Å²) in [5.74, 6) is 1.33. The van der Waals surface area contributed by atoms with Crippen LogP contribution in [0.25, 0.3) is 0 Å². The number of aromatic hydroxyl groups is 2. The Balaban J connectivity index is 3.56. The Hall–Kier alpha value is -1.64. The van der Waals surface area contributed by atoms with E-state index in [2.05, 4.69) is 40.7 Å². The molecule has 1 rings (SSSR count). The van der Waals surface area contributed by atoms with Gasteiger partial charge in [0.05, 0.1) is 7.11 Å². The van der Waals surface area contributed by atoms with Gasteiger partial charge in [-0.1, -0.05) is 46.3 Å². The molecule has 0 radical (unpaired) electrons. The smallest absolute Gasteiger partial charge is 0.167 e. The highest BCUT2D eigenvalue weighted by atomic mass is 16.5. The van der Waals surface area contributed by atoms with E-state index in [4.69, 9.17) is 4.74 Å². The fourth-order valence-corrected chi connectivity index (χ4v) is 3.59. The second kappa shape index (κ2) is 7.29. The average molecular weight is 320 g/mol. The fraction of sp³-hybridized carbons (Fsp3) is 0.600. The molecule has 0 saturated heterocycles. The second-order valence-corrected chi connectivity index (χ2v) is 7.37. The molecule has 3 heteroatoms. The first-order valence-electron chi connectivity index (χ1n) is 8.36. The van der Waals surface area contributed by atoms with Crippen molar-refractivity contribution >= 4 is 0 Å². The SMILES string of the molecule is CCc1c(O)c(C(C)(C)/C=C(\C)CC(C)C)c(C)c(O)c1OC. The summed E-state index contributed by atoms with van der Waals surface area (Å²) < 4.78 is 5.30. The van der Waals surface area contributed by atoms with E-state index in [0.29, 0.717) is 29.2 Å². The van der Waals surface area contributed by atoms with E-state index >= 15 is 0 Å². The Labute approximate surface area is 141 Å². The van der Waals surface area contributed by atoms with Gasteiger partial charge in [-0.25, -0.2) is 0 Å². The normalized spacial score (nSPS) is 12.8. The van der Waals surface area contributed by atoms with Gasteiger partial charge in [-0.05, 0) is 32.6 Å². The van der Waals surface area contributed by atoms with Gasteiger partial charge in [0.2, 0.25) is 0 Å². The first kappa shape index (κ1) is 19.4. The minimum atomic E-state index is -0.374. The lowest BCUT2D eigenvalue weighted by molar-refractivity contribution is 0.357. The lowest BCUT2D eigenvalue weighted by Gasteiger charge is -2.28. The average Bonchev–Trinajstić information content (AvgIpc) is 2.40. The minimum absolute atomic E-state index is 0.125. The van der Waals surface area contributed by atoms with E-state index in [1.807, 2.05) is 13.8 Å². The Morgan fingerprint density at radius 1 is 1.22 bits per heavy atom. The molecule has 0 saturated carbocycles. The van der Waals surface area contributed by atoms with Crippen LogP contribution in [0.1, 0.15) is 64.7 Å². The number of phenolic OH excluding ortho intramolecular Hbond substituents is 2. The molecule has 0 amide bonds. The van der Waals surface area contributed by atoms with Gasteiger partial charge in [0.1, 0.15) is 5.75 Å². The maximum atomic E-state index is 10.8. The summed E-state index contributed by atoms with van der Waals surface area (Å²) >= 11 is 0. The third-order valence-electron chi connectivity index (χ3n) is 4.28. The van der Waals surface area contributed by atoms with Crippen molar-refractivity contribution in [2.24, 2.45) is 5.92 Å². The number of hydrogen-bond donors (Lipinski definition) is 2. The molecule has 1 aromatic carbocycles. The molecule has 3 nitrogen and oxygen atoms in total. The molecule has 0 spiro atoms. The van der Waals surface area contributed by atoms with Gasteiger partial charge in [-0.15, -0.1) is 0 Å². The zero-order valence-corrected chi connectivity index (χ0v) is 15.9. The van der Waals surface area contributed by atoms with Gasteiger partial charge in [0.15, 0.2) is 11.5 Å². The van der Waals surface area contributed by atoms with E-state index in [9.17, 15) is 10.2 Å². The molecule has 0 aromatic heterocycles. The van der Waals surface area contributed by atoms with Gasteiger partial charge >= 0.3 is 0 Å². The summed E-state index contributed by atoms with van der Waals surface area (Å²) in [5, 5.41) is 21.3. The number of methoxy groups -OCH3 is 1. The fourth-order valence-electron chi connectivity index (χ4n) is 3.59. The standard InChI is InChI=1S/C20H32O3/c1-9-15-18(22)16(14(5)17(21)19(15)23-8)20(6,7)11-13(4)10-12(2)3/h11-12,21-22H,9-10H2,1-8H3/b13-11+. The van der Waals surface area contributed by atoms with Gasteiger partial charge < -0.3 is 14.9 Å². The zero-order valence-electron chi connectivity index (χ0n) is 15.9. The van der Waals surface area contributed by atoms with Crippen LogP contribution >= 0.6 is 0 Å². The van der Waals surface area contributed by atoms with Gasteiger partial charge in [0.25, 0.3) is 0 Å². The molecule has 1 aromatic rings. The van der Waals surface area contributed by atoms with Crippen LogP contribution < -0.4 is 4.74 Å². The number of hydrogen-bond acceptors (Lipinski definition) is 3. The molecule has 0 unspecified atom stereocenters. The summed E-state index contributed by atoms with van der Waals surface area (Å²) in [6.45, 7) is 14.4. The second-order valence-electron chi connectivity index (χ2n) is 7.37. The number of allylic oxidation sites excluding steroid dienone is 2. The largest absolute Gasteiger partial charge is 0.507 e. The number of rotatable bonds is 6. The van der Waals surface area contributed by atoms with E-state index in [0.717, 1.165) is 12.0 Å². The molecule has 0 fully saturated rings. The first-order chi connectivity index (χ1) is 10.6. The van der Waals surface area contributed by atoms with Crippen molar-refractivity contribution in [2.75, 3.05) is 7.11 Å². The van der Waals surface area contributed by atoms with Crippen LogP contribution in [0.15, 0.2) is 11.6 Å². The molecule has 130 valence electrons. The highest BCUT2D eigenvalue weighted by molar-refractivity contribution is 5.64. The van der Waals surface area contributed by atoms with Crippen molar-refractivity contribution in [1.29, 1.82) is 0 Å². The molecule has 0 aliphatic heterocycles. The van der Waals surface area contributed by atoms with E-state index in [1.54, 1.807) is 0 Å². The molecule has 0 aliphatic carbocycles. The van der Waals surface area contributed by atoms with Crippen LogP contribution in [0.2, 0.25) is 0 Å². The summed E-state index contributed by atoms with van der Waals surface area (Å²) in [4.78, 5) is 0. The lowest BCUT2D eigenvalue weighted by Crippen LogP contribution is -2.18. The highest BCUT2D eigenvalue weighted by Gasteiger charge is 2.30. The van der Waals surface area contributed by atoms with Crippen LogP contribution in [0, 0.1) is 12.8 Å². The Bertz CT molecular complexity index is 596. The van der Waals surface area contributed by atoms with Crippen LogP contribution in [0.4, 0.5) is 0 Å². The number of phenols is 2.